The van der Waals surface area contributed by atoms with E-state index in [2.05, 4.69) is 50.8 Å². The Hall–Kier alpha value is -1.30. The third-order valence-electron chi connectivity index (χ3n) is 2.13. The lowest BCUT2D eigenvalue weighted by Crippen LogP contribution is -1.78. The molecule has 0 fully saturated rings. The van der Waals surface area contributed by atoms with Crippen molar-refractivity contribution in [2.75, 3.05) is 0 Å². The average molecular weight is 172 g/mol. The minimum absolute atomic E-state index is 1.13. The van der Waals surface area contributed by atoms with Crippen molar-refractivity contribution in [1.82, 2.24) is 0 Å². The molecule has 0 saturated carbocycles. The number of allylic oxidation sites excluding steroid dienone is 2. The van der Waals surface area contributed by atoms with Gasteiger partial charge in [0.25, 0.3) is 0 Å². The van der Waals surface area contributed by atoms with Gasteiger partial charge in [-0.15, -0.1) is 0 Å². The predicted molar refractivity (Wildman–Crippen MR) is 59.6 cm³/mol. The highest BCUT2D eigenvalue weighted by atomic mass is 14.0. The van der Waals surface area contributed by atoms with Crippen LogP contribution in [0.1, 0.15) is 25.0 Å². The molecule has 0 radical (unpaired) electrons. The molecule has 0 atom stereocenters. The Kier molecular flexibility index (Phi) is 3.07. The maximum absolute atomic E-state index is 3.90. The van der Waals surface area contributed by atoms with Crippen molar-refractivity contribution in [3.63, 3.8) is 0 Å². The lowest BCUT2D eigenvalue weighted by atomic mass is 10.1. The lowest BCUT2D eigenvalue weighted by molar-refractivity contribution is 1.38. The third kappa shape index (κ3) is 2.90. The topological polar surface area (TPSA) is 0 Å². The van der Waals surface area contributed by atoms with Crippen LogP contribution in [0.25, 0.3) is 6.08 Å². The van der Waals surface area contributed by atoms with Crippen molar-refractivity contribution in [3.05, 3.63) is 53.1 Å². The Balaban J connectivity index is 2.92. The second-order valence-electron chi connectivity index (χ2n) is 3.52. The molecule has 13 heavy (non-hydrogen) atoms. The second-order valence-corrected chi connectivity index (χ2v) is 3.52. The summed E-state index contributed by atoms with van der Waals surface area (Å²) in [6.45, 7) is 10.1. The largest absolute Gasteiger partial charge is 0.0958 e. The summed E-state index contributed by atoms with van der Waals surface area (Å²) in [6, 6.07) is 8.50. The molecule has 68 valence electrons. The first kappa shape index (κ1) is 9.79. The van der Waals surface area contributed by atoms with Crippen LogP contribution in [-0.4, -0.2) is 0 Å². The Morgan fingerprint density at radius 1 is 1.15 bits per heavy atom. The number of aryl methyl sites for hydroxylation is 1. The van der Waals surface area contributed by atoms with Crippen molar-refractivity contribution < 1.29 is 0 Å². The minimum atomic E-state index is 1.13. The monoisotopic (exact) mass is 172 g/mol. The summed E-state index contributed by atoms with van der Waals surface area (Å²) in [5.41, 5.74) is 4.90. The molecule has 0 saturated heterocycles. The quantitative estimate of drug-likeness (QED) is 0.592. The number of benzene rings is 1. The zero-order valence-corrected chi connectivity index (χ0v) is 8.59. The normalized spacial score (nSPS) is 11.5. The van der Waals surface area contributed by atoms with Gasteiger partial charge in [0.15, 0.2) is 0 Å². The molecule has 1 aromatic rings. The van der Waals surface area contributed by atoms with Crippen LogP contribution in [0, 0.1) is 6.92 Å². The van der Waals surface area contributed by atoms with E-state index in [-0.39, 0.29) is 0 Å². The SMILES string of the molecule is C=C(C)/C(C)=C/c1ccc(C)cc1. The van der Waals surface area contributed by atoms with E-state index in [0.717, 1.165) is 5.57 Å². The van der Waals surface area contributed by atoms with Gasteiger partial charge in [-0.25, -0.2) is 0 Å². The first-order chi connectivity index (χ1) is 6.09. The summed E-state index contributed by atoms with van der Waals surface area (Å²) in [5, 5.41) is 0. The van der Waals surface area contributed by atoms with Crippen molar-refractivity contribution in [3.8, 4) is 0 Å². The molecule has 0 aliphatic heterocycles. The van der Waals surface area contributed by atoms with Crippen molar-refractivity contribution in [1.29, 1.82) is 0 Å². The van der Waals surface area contributed by atoms with E-state index in [4.69, 9.17) is 0 Å². The summed E-state index contributed by atoms with van der Waals surface area (Å²) < 4.78 is 0. The van der Waals surface area contributed by atoms with Crippen molar-refractivity contribution in [2.24, 2.45) is 0 Å². The zero-order valence-electron chi connectivity index (χ0n) is 8.59. The summed E-state index contributed by atoms with van der Waals surface area (Å²) in [5.74, 6) is 0. The number of hydrogen-bond acceptors (Lipinski definition) is 0. The van der Waals surface area contributed by atoms with Gasteiger partial charge < -0.3 is 0 Å². The molecule has 0 nitrogen and oxygen atoms in total. The fourth-order valence-corrected chi connectivity index (χ4v) is 1.04. The van der Waals surface area contributed by atoms with Gasteiger partial charge in [0.1, 0.15) is 0 Å². The predicted octanol–water partition coefficient (Wildman–Crippen LogP) is 3.97. The van der Waals surface area contributed by atoms with Crippen LogP contribution in [0.3, 0.4) is 0 Å². The van der Waals surface area contributed by atoms with E-state index in [1.165, 1.54) is 16.7 Å². The maximum Gasteiger partial charge on any atom is -0.0254 e. The fraction of sp³-hybridized carbons (Fsp3) is 0.231. The summed E-state index contributed by atoms with van der Waals surface area (Å²) in [6.07, 6.45) is 2.15. The molecule has 0 heteroatoms. The standard InChI is InChI=1S/C13H16/c1-10(2)12(4)9-13-7-5-11(3)6-8-13/h5-9H,1H2,2-4H3/b12-9+. The molecule has 0 bridgehead atoms. The van der Waals surface area contributed by atoms with Crippen LogP contribution in [0.15, 0.2) is 42.0 Å². The van der Waals surface area contributed by atoms with Gasteiger partial charge in [0.2, 0.25) is 0 Å². The van der Waals surface area contributed by atoms with Crippen molar-refractivity contribution in [2.45, 2.75) is 20.8 Å². The molecule has 0 unspecified atom stereocenters. The smallest absolute Gasteiger partial charge is 0.0254 e. The van der Waals surface area contributed by atoms with E-state index in [9.17, 15) is 0 Å². The number of hydrogen-bond donors (Lipinski definition) is 0. The first-order valence-corrected chi connectivity index (χ1v) is 4.50. The van der Waals surface area contributed by atoms with Crippen molar-refractivity contribution >= 4 is 6.08 Å². The fourth-order valence-electron chi connectivity index (χ4n) is 1.04. The Labute approximate surface area is 80.6 Å². The minimum Gasteiger partial charge on any atom is -0.0958 e. The van der Waals surface area contributed by atoms with Gasteiger partial charge in [0.05, 0.1) is 0 Å². The molecule has 1 aromatic carbocycles. The highest BCUT2D eigenvalue weighted by Gasteiger charge is 1.91. The molecular formula is C13H16. The maximum atomic E-state index is 3.90. The molecular weight excluding hydrogens is 156 g/mol. The highest BCUT2D eigenvalue weighted by Crippen LogP contribution is 2.12. The van der Waals surface area contributed by atoms with E-state index in [1.54, 1.807) is 0 Å². The van der Waals surface area contributed by atoms with Gasteiger partial charge >= 0.3 is 0 Å². The van der Waals surface area contributed by atoms with Crippen LogP contribution < -0.4 is 0 Å². The van der Waals surface area contributed by atoms with Crippen LogP contribution in [0.2, 0.25) is 0 Å². The van der Waals surface area contributed by atoms with Crippen LogP contribution in [0.4, 0.5) is 0 Å². The van der Waals surface area contributed by atoms with Crippen LogP contribution in [-0.2, 0) is 0 Å². The molecule has 0 heterocycles. The Morgan fingerprint density at radius 2 is 1.69 bits per heavy atom. The van der Waals surface area contributed by atoms with Gasteiger partial charge in [-0.1, -0.05) is 48.1 Å². The van der Waals surface area contributed by atoms with E-state index in [0.29, 0.717) is 0 Å². The van der Waals surface area contributed by atoms with Gasteiger partial charge in [-0.2, -0.15) is 0 Å². The summed E-state index contributed by atoms with van der Waals surface area (Å²) in [4.78, 5) is 0. The Bertz CT molecular complexity index is 326. The van der Waals surface area contributed by atoms with E-state index < -0.39 is 0 Å². The lowest BCUT2D eigenvalue weighted by Gasteiger charge is -1.99. The average Bonchev–Trinajstić information content (AvgIpc) is 2.08. The first-order valence-electron chi connectivity index (χ1n) is 4.50. The Morgan fingerprint density at radius 3 is 2.15 bits per heavy atom. The second kappa shape index (κ2) is 4.08. The zero-order chi connectivity index (χ0) is 9.84. The molecule has 0 aromatic heterocycles. The molecule has 0 spiro atoms. The molecule has 0 aliphatic rings. The summed E-state index contributed by atoms with van der Waals surface area (Å²) >= 11 is 0. The molecule has 0 amide bonds. The molecule has 1 rings (SSSR count). The van der Waals surface area contributed by atoms with E-state index in [1.807, 2.05) is 6.92 Å². The van der Waals surface area contributed by atoms with Gasteiger partial charge in [-0.3, -0.25) is 0 Å². The van der Waals surface area contributed by atoms with Crippen LogP contribution in [0.5, 0.6) is 0 Å². The van der Waals surface area contributed by atoms with Crippen LogP contribution >= 0.6 is 0 Å². The molecule has 0 N–H and O–H groups in total. The summed E-state index contributed by atoms with van der Waals surface area (Å²) in [7, 11) is 0. The third-order valence-corrected chi connectivity index (χ3v) is 2.13. The number of rotatable bonds is 2. The highest BCUT2D eigenvalue weighted by molar-refractivity contribution is 5.57. The molecule has 0 aliphatic carbocycles. The van der Waals surface area contributed by atoms with Gasteiger partial charge in [0, 0.05) is 0 Å². The van der Waals surface area contributed by atoms with Gasteiger partial charge in [-0.05, 0) is 31.9 Å². The van der Waals surface area contributed by atoms with E-state index >= 15 is 0 Å².